The SMILES string of the molecule is CN1CCN(CCOc2ccc(C(=O)Nc3cc(-c4ccccc4)ccc3C(=O)O)c(O)c2)CC1.CN1CCN(CCOc2ccc(C(=O)Nc3cc(-c4ccccc4)ccc3C(=O)OC(C)(C)C)c(O)c2)CC1.Cc1cc(OCCBr)ccc1C(=O)Nc1cc(-c2ccccc2)ccc1C(=O)OC(C)(C)C.Cc1cc(OCCN2CCN(C)CC2)ccc1C(=O)Nc1cc(-c2ccccc2)ccc1C(=O)OC(C)(C)C. The first kappa shape index (κ1) is 110. The van der Waals surface area contributed by atoms with Crippen molar-refractivity contribution < 1.29 is 86.8 Å². The molecule has 3 aliphatic heterocycles. The maximum atomic E-state index is 13.4. The Bertz CT molecular complexity index is 6270. The number of aromatic carboxylic acids is 1. The van der Waals surface area contributed by atoms with Crippen LogP contribution < -0.4 is 40.2 Å². The van der Waals surface area contributed by atoms with Gasteiger partial charge < -0.3 is 84.4 Å². The molecule has 766 valence electrons. The predicted molar refractivity (Wildman–Crippen MR) is 578 cm³/mol. The Kier molecular flexibility index (Phi) is 39.5. The van der Waals surface area contributed by atoms with Gasteiger partial charge in [-0.2, -0.15) is 0 Å². The number of alkyl halides is 1. The summed E-state index contributed by atoms with van der Waals surface area (Å²) >= 11 is 3.33. The molecule has 29 heteroatoms. The number of phenols is 2. The summed E-state index contributed by atoms with van der Waals surface area (Å²) in [5, 5.41) is 42.7. The monoisotopic (exact) mass is 2040 g/mol. The molecule has 3 saturated heterocycles. The van der Waals surface area contributed by atoms with E-state index in [0.717, 1.165) is 165 Å². The van der Waals surface area contributed by atoms with E-state index in [1.165, 1.54) is 30.3 Å². The standard InChI is InChI=1S/C32H39N3O4.C31H37N3O5.C27H28BrNO4.C27H29N3O5/c1-23-21-26(38-20-19-35-17-15-34(5)16-18-35)12-14-27(23)30(36)33-29-22-25(24-9-7-6-8-10-24)11-13-28(29)31(37)39-32(2,3)4;1-31(2,3)39-30(37)25-12-10-23(22-8-6-5-7-9-22)20-27(25)32-29(36)26-13-11-24(21-28(26)35)38-19-18-34-16-14-33(4)15-17-34;1-18-16-21(32-15-14-28)11-13-22(18)25(30)29-24-17-20(19-8-6-5-7-9-19)10-12-23(24)26(31)33-27(2,3)4;1-29-11-13-30(14-12-29)15-16-35-21-8-10-23(25(31)18-21)26(32)28-24-17-20(7-9-22(24)27(33)34)19-5-3-2-4-6-19/h6-14,21-22H,15-20H2,1-5H3,(H,33,36);5-13,20-21,35H,14-19H2,1-4H3,(H,32,36);5-13,16-17H,14-15H2,1-4H3,(H,29,30);2-10,17-18,31H,11-16H2,1H3,(H,28,32)(H,33,34). The normalized spacial score (nSPS) is 13.7. The van der Waals surface area contributed by atoms with Gasteiger partial charge in [-0.15, -0.1) is 0 Å². The van der Waals surface area contributed by atoms with Gasteiger partial charge in [-0.3, -0.25) is 33.9 Å². The van der Waals surface area contributed by atoms with Crippen LogP contribution in [-0.2, 0) is 14.2 Å². The van der Waals surface area contributed by atoms with Gasteiger partial charge in [-0.05, 0) is 262 Å². The zero-order valence-corrected chi connectivity index (χ0v) is 87.2. The first-order valence-electron chi connectivity index (χ1n) is 48.9. The van der Waals surface area contributed by atoms with Crippen molar-refractivity contribution in [3.05, 3.63) is 323 Å². The zero-order valence-electron chi connectivity index (χ0n) is 85.6. The van der Waals surface area contributed by atoms with Crippen LogP contribution in [0.25, 0.3) is 44.5 Å². The van der Waals surface area contributed by atoms with Crippen molar-refractivity contribution in [1.29, 1.82) is 0 Å². The molecular weight excluding hydrogens is 1910 g/mol. The van der Waals surface area contributed by atoms with Gasteiger partial charge in [0, 0.05) is 127 Å². The third-order valence-corrected chi connectivity index (χ3v) is 24.4. The number of rotatable bonds is 31. The quantitative estimate of drug-likeness (QED) is 0.0121. The molecule has 0 radical (unpaired) electrons. The molecule has 3 fully saturated rings. The van der Waals surface area contributed by atoms with Crippen molar-refractivity contribution in [3.63, 3.8) is 0 Å². The lowest BCUT2D eigenvalue weighted by atomic mass is 10.0. The summed E-state index contributed by atoms with van der Waals surface area (Å²) in [6.07, 6.45) is 0. The summed E-state index contributed by atoms with van der Waals surface area (Å²) in [7, 11) is 6.37. The number of carbonyl (C=O) groups is 8. The number of hydrogen-bond acceptors (Lipinski definition) is 23. The van der Waals surface area contributed by atoms with Gasteiger partial charge >= 0.3 is 23.9 Å². The summed E-state index contributed by atoms with van der Waals surface area (Å²) in [5.74, 6) is -2.53. The second-order valence-electron chi connectivity index (χ2n) is 39.0. The molecular formula is C117H133BrN10O18. The third kappa shape index (κ3) is 33.5. The molecule has 7 N–H and O–H groups in total. The van der Waals surface area contributed by atoms with Crippen LogP contribution in [0.3, 0.4) is 0 Å². The highest BCUT2D eigenvalue weighted by Crippen LogP contribution is 2.37. The van der Waals surface area contributed by atoms with E-state index in [1.54, 1.807) is 93.6 Å². The number of hydrogen-bond donors (Lipinski definition) is 7. The average molecular weight is 2050 g/mol. The number of aryl methyl sites for hydroxylation is 2. The van der Waals surface area contributed by atoms with Gasteiger partial charge in [-0.1, -0.05) is 162 Å². The van der Waals surface area contributed by atoms with Crippen molar-refractivity contribution in [2.24, 2.45) is 0 Å². The Labute approximate surface area is 864 Å². The Morgan fingerprint density at radius 1 is 0.288 bits per heavy atom. The molecule has 12 aromatic rings. The maximum Gasteiger partial charge on any atom is 0.340 e. The number of ether oxygens (including phenoxy) is 7. The van der Waals surface area contributed by atoms with Gasteiger partial charge in [0.2, 0.25) is 0 Å². The fourth-order valence-electron chi connectivity index (χ4n) is 16.1. The van der Waals surface area contributed by atoms with E-state index in [1.807, 2.05) is 219 Å². The molecule has 15 rings (SSSR count). The summed E-state index contributed by atoms with van der Waals surface area (Å²) < 4.78 is 39.9. The molecule has 0 saturated carbocycles. The number of phenolic OH excluding ortho intramolecular Hbond substituents is 2. The minimum atomic E-state index is -1.16. The number of benzene rings is 12. The highest BCUT2D eigenvalue weighted by molar-refractivity contribution is 9.09. The van der Waals surface area contributed by atoms with Crippen LogP contribution in [0.4, 0.5) is 22.7 Å². The number of aromatic hydroxyl groups is 2. The van der Waals surface area contributed by atoms with Crippen LogP contribution in [0.15, 0.2) is 267 Å². The van der Waals surface area contributed by atoms with E-state index in [-0.39, 0.29) is 51.3 Å². The number of nitrogens with one attached hydrogen (secondary N) is 4. The molecule has 0 aromatic heterocycles. The number of likely N-dealkylation sites (N-methyl/N-ethyl adjacent to an activating group) is 3. The molecule has 28 nitrogen and oxygen atoms in total. The Morgan fingerprint density at radius 3 is 0.767 bits per heavy atom. The van der Waals surface area contributed by atoms with Crippen LogP contribution in [0, 0.1) is 13.8 Å². The van der Waals surface area contributed by atoms with E-state index in [9.17, 15) is 53.7 Å². The summed E-state index contributed by atoms with van der Waals surface area (Å²) in [5.41, 5.74) is 9.85. The minimum Gasteiger partial charge on any atom is -0.507 e. The van der Waals surface area contributed by atoms with Crippen molar-refractivity contribution in [2.75, 3.05) is 172 Å². The van der Waals surface area contributed by atoms with Crippen LogP contribution >= 0.6 is 15.9 Å². The lowest BCUT2D eigenvalue weighted by Gasteiger charge is -2.32. The number of anilines is 4. The Hall–Kier alpha value is -14.6. The van der Waals surface area contributed by atoms with Gasteiger partial charge in [0.1, 0.15) is 71.1 Å². The van der Waals surface area contributed by atoms with E-state index < -0.39 is 52.5 Å². The smallest absolute Gasteiger partial charge is 0.340 e. The second-order valence-corrected chi connectivity index (χ2v) is 39.8. The molecule has 146 heavy (non-hydrogen) atoms. The van der Waals surface area contributed by atoms with Crippen LogP contribution in [0.2, 0.25) is 0 Å². The van der Waals surface area contributed by atoms with Crippen molar-refractivity contribution in [2.45, 2.75) is 93.0 Å². The van der Waals surface area contributed by atoms with E-state index >= 15 is 0 Å². The topological polar surface area (TPSA) is 329 Å². The van der Waals surface area contributed by atoms with Gasteiger partial charge in [0.25, 0.3) is 23.6 Å². The van der Waals surface area contributed by atoms with E-state index in [4.69, 9.17) is 33.2 Å². The second kappa shape index (κ2) is 52.3. The van der Waals surface area contributed by atoms with Crippen LogP contribution in [0.1, 0.15) is 156 Å². The van der Waals surface area contributed by atoms with Gasteiger partial charge in [0.05, 0.1) is 62.7 Å². The van der Waals surface area contributed by atoms with Crippen LogP contribution in [-0.4, -0.2) is 260 Å². The first-order chi connectivity index (χ1) is 69.7. The molecule has 0 unspecified atom stereocenters. The van der Waals surface area contributed by atoms with E-state index in [2.05, 4.69) is 87.7 Å². The molecule has 3 aliphatic rings. The third-order valence-electron chi connectivity index (χ3n) is 24.1. The largest absolute Gasteiger partial charge is 0.507 e. The zero-order chi connectivity index (χ0) is 105. The summed E-state index contributed by atoms with van der Waals surface area (Å²) in [6, 6.07) is 79.3. The molecule has 0 spiro atoms. The van der Waals surface area contributed by atoms with Crippen molar-refractivity contribution in [3.8, 4) is 79.0 Å². The number of carbonyl (C=O) groups excluding carboxylic acids is 7. The summed E-state index contributed by atoms with van der Waals surface area (Å²) in [4.78, 5) is 117. The van der Waals surface area contributed by atoms with Gasteiger partial charge in [-0.25, -0.2) is 19.2 Å². The summed E-state index contributed by atoms with van der Waals surface area (Å²) in [6.45, 7) is 36.9. The number of halogens is 1. The molecule has 0 bridgehead atoms. The molecule has 12 aromatic carbocycles. The maximum absolute atomic E-state index is 13.4. The predicted octanol–water partition coefficient (Wildman–Crippen LogP) is 20.7. The number of esters is 3. The highest BCUT2D eigenvalue weighted by Gasteiger charge is 2.30. The number of carboxylic acids is 1. The molecule has 4 amide bonds. The molecule has 0 atom stereocenters. The highest BCUT2D eigenvalue weighted by atomic mass is 79.9. The fourth-order valence-corrected chi connectivity index (χ4v) is 16.3. The van der Waals surface area contributed by atoms with Gasteiger partial charge in [0.15, 0.2) is 0 Å². The number of carboxylic acid groups (broad SMARTS) is 1. The number of amides is 4. The lowest BCUT2D eigenvalue weighted by Crippen LogP contribution is -2.45. The first-order valence-corrected chi connectivity index (χ1v) is 50.0. The van der Waals surface area contributed by atoms with Crippen molar-refractivity contribution >= 4 is 86.2 Å². The Balaban J connectivity index is 0.000000174. The van der Waals surface area contributed by atoms with Crippen LogP contribution in [0.5, 0.6) is 34.5 Å². The molecule has 3 heterocycles. The van der Waals surface area contributed by atoms with E-state index in [0.29, 0.717) is 83.0 Å². The number of piperazine rings is 3. The average Bonchev–Trinajstić information content (AvgIpc) is 0.812. The lowest BCUT2D eigenvalue weighted by molar-refractivity contribution is 0.00580. The minimum absolute atomic E-state index is 0.0258. The molecule has 0 aliphatic carbocycles. The number of nitrogens with zero attached hydrogens (tertiary/aromatic N) is 6. The van der Waals surface area contributed by atoms with Crippen molar-refractivity contribution in [1.82, 2.24) is 29.4 Å². The fraction of sp³-hybridized carbons (Fsp3) is 0.316. The Morgan fingerprint density at radius 2 is 0.521 bits per heavy atom.